The molecule has 12 nitrogen and oxygen atoms in total. The number of piperazine rings is 1. The van der Waals surface area contributed by atoms with E-state index in [4.69, 9.17) is 0 Å². The third-order valence-corrected chi connectivity index (χ3v) is 9.26. The molecule has 1 saturated heterocycles. The van der Waals surface area contributed by atoms with Gasteiger partial charge >= 0.3 is 0 Å². The number of aromatic nitrogens is 6. The third-order valence-electron chi connectivity index (χ3n) is 6.73. The maximum absolute atomic E-state index is 13.4. The van der Waals surface area contributed by atoms with E-state index in [0.717, 1.165) is 12.8 Å². The van der Waals surface area contributed by atoms with E-state index in [1.165, 1.54) is 12.5 Å². The Morgan fingerprint density at radius 2 is 1.95 bits per heavy atom. The van der Waals surface area contributed by atoms with E-state index >= 15 is 0 Å². The van der Waals surface area contributed by atoms with Gasteiger partial charge in [0, 0.05) is 44.1 Å². The highest BCUT2D eigenvalue weighted by atomic mass is 32.2. The van der Waals surface area contributed by atoms with Crippen molar-refractivity contribution in [3.63, 3.8) is 0 Å². The Labute approximate surface area is 219 Å². The van der Waals surface area contributed by atoms with Crippen LogP contribution >= 0.6 is 11.3 Å². The van der Waals surface area contributed by atoms with Crippen molar-refractivity contribution in [3.05, 3.63) is 41.7 Å². The van der Waals surface area contributed by atoms with E-state index in [1.54, 1.807) is 27.8 Å². The second-order valence-corrected chi connectivity index (χ2v) is 12.2. The number of imidazole rings is 2. The van der Waals surface area contributed by atoms with Gasteiger partial charge in [0.1, 0.15) is 10.6 Å². The Kier molecular flexibility index (Phi) is 5.92. The first-order chi connectivity index (χ1) is 18.1. The fourth-order valence-corrected chi connectivity index (χ4v) is 6.56. The lowest BCUT2D eigenvalue weighted by molar-refractivity contribution is 0.0741. The number of anilines is 1. The van der Waals surface area contributed by atoms with Gasteiger partial charge in [0.2, 0.25) is 10.0 Å². The fraction of sp³-hybridized carbons (Fsp3) is 0.409. The molecule has 1 saturated carbocycles. The molecule has 6 rings (SSSR count). The monoisotopic (exact) mass is 563 g/mol. The van der Waals surface area contributed by atoms with Crippen molar-refractivity contribution < 1.29 is 22.0 Å². The van der Waals surface area contributed by atoms with E-state index in [0.29, 0.717) is 54.4 Å². The topological polar surface area (TPSA) is 141 Å². The molecule has 2 aliphatic rings. The number of nitrogens with one attached hydrogen (secondary N) is 2. The molecule has 1 aliphatic heterocycles. The first-order valence-corrected chi connectivity index (χ1v) is 14.1. The van der Waals surface area contributed by atoms with Crippen LogP contribution in [0.2, 0.25) is 0 Å². The van der Waals surface area contributed by atoms with Gasteiger partial charge in [-0.25, -0.2) is 31.9 Å². The highest BCUT2D eigenvalue weighted by Crippen LogP contribution is 2.37. The van der Waals surface area contributed by atoms with Crippen LogP contribution in [0.5, 0.6) is 0 Å². The van der Waals surface area contributed by atoms with Gasteiger partial charge in [-0.2, -0.15) is 0 Å². The number of aromatic amines is 1. The lowest BCUT2D eigenvalue weighted by atomic mass is 10.2. The molecule has 16 heteroatoms. The minimum Gasteiger partial charge on any atom is -0.366 e. The molecule has 2 N–H and O–H groups in total. The second kappa shape index (κ2) is 9.06. The minimum absolute atomic E-state index is 0.0148. The fourth-order valence-electron chi connectivity index (χ4n) is 4.39. The Morgan fingerprint density at radius 1 is 1.18 bits per heavy atom. The van der Waals surface area contributed by atoms with Crippen LogP contribution in [0.3, 0.4) is 0 Å². The number of nitrogens with zero attached hydrogens (tertiary/aromatic N) is 7. The average Bonchev–Trinajstić information content (AvgIpc) is 3.38. The number of pyridine rings is 1. The number of rotatable bonds is 7. The number of H-pyrrole nitrogens is 1. The molecule has 1 aliphatic carbocycles. The molecule has 0 atom stereocenters. The summed E-state index contributed by atoms with van der Waals surface area (Å²) in [5.41, 5.74) is 1.01. The van der Waals surface area contributed by atoms with Gasteiger partial charge < -0.3 is 14.8 Å². The van der Waals surface area contributed by atoms with Crippen LogP contribution in [0.4, 0.5) is 14.5 Å². The molecular formula is C22H23F2N9O3S2. The minimum atomic E-state index is -3.90. The van der Waals surface area contributed by atoms with E-state index in [1.807, 2.05) is 11.8 Å². The van der Waals surface area contributed by atoms with Crippen LogP contribution in [-0.2, 0) is 10.0 Å². The molecule has 200 valence electrons. The normalized spacial score (nSPS) is 17.5. The zero-order valence-corrected chi connectivity index (χ0v) is 21.8. The quantitative estimate of drug-likeness (QED) is 0.349. The highest BCUT2D eigenvalue weighted by molar-refractivity contribution is 7.89. The molecule has 0 unspecified atom stereocenters. The van der Waals surface area contributed by atoms with Crippen molar-refractivity contribution in [1.29, 1.82) is 0 Å². The van der Waals surface area contributed by atoms with Crippen molar-refractivity contribution in [2.75, 3.05) is 31.1 Å². The number of fused-ring (bicyclic) bond motifs is 1. The molecule has 4 aromatic heterocycles. The summed E-state index contributed by atoms with van der Waals surface area (Å²) >= 11 is 0.704. The van der Waals surface area contributed by atoms with Crippen molar-refractivity contribution in [1.82, 2.24) is 39.2 Å². The van der Waals surface area contributed by atoms with Crippen LogP contribution in [0.1, 0.15) is 41.7 Å². The van der Waals surface area contributed by atoms with Gasteiger partial charge in [0.25, 0.3) is 12.3 Å². The SMILES string of the molecule is CC1(NS(=O)(=O)c2cc(N3CCN(C(=O)c4c[nH]cn4)CC3)c3cnc(-c4nnc(C(F)F)s4)n3c2)CC1. The number of hydrogen-bond acceptors (Lipinski definition) is 9. The molecule has 0 bridgehead atoms. The summed E-state index contributed by atoms with van der Waals surface area (Å²) in [6, 6.07) is 1.59. The van der Waals surface area contributed by atoms with Crippen molar-refractivity contribution in [2.45, 2.75) is 36.6 Å². The third kappa shape index (κ3) is 4.52. The van der Waals surface area contributed by atoms with Crippen molar-refractivity contribution in [2.24, 2.45) is 0 Å². The number of halogens is 2. The number of carbonyl (C=O) groups excluding carboxylic acids is 1. The lowest BCUT2D eigenvalue weighted by Gasteiger charge is -2.36. The Hall–Kier alpha value is -3.50. The van der Waals surface area contributed by atoms with Crippen molar-refractivity contribution in [3.8, 4) is 10.8 Å². The molecule has 4 aromatic rings. The van der Waals surface area contributed by atoms with Gasteiger partial charge in [-0.15, -0.1) is 10.2 Å². The lowest BCUT2D eigenvalue weighted by Crippen LogP contribution is -2.49. The molecule has 0 aromatic carbocycles. The van der Waals surface area contributed by atoms with Gasteiger partial charge in [-0.1, -0.05) is 11.3 Å². The molecule has 38 heavy (non-hydrogen) atoms. The van der Waals surface area contributed by atoms with Crippen LogP contribution < -0.4 is 9.62 Å². The molecule has 2 fully saturated rings. The molecular weight excluding hydrogens is 540 g/mol. The van der Waals surface area contributed by atoms with Crippen LogP contribution in [0, 0.1) is 0 Å². The van der Waals surface area contributed by atoms with Gasteiger partial charge in [-0.05, 0) is 25.8 Å². The summed E-state index contributed by atoms with van der Waals surface area (Å²) in [5.74, 6) is 0.0275. The first-order valence-electron chi connectivity index (χ1n) is 11.8. The van der Waals surface area contributed by atoms with Gasteiger partial charge in [0.05, 0.1) is 23.7 Å². The highest BCUT2D eigenvalue weighted by Gasteiger charge is 2.41. The average molecular weight is 564 g/mol. The van der Waals surface area contributed by atoms with Crippen molar-refractivity contribution >= 4 is 38.5 Å². The number of hydrogen-bond donors (Lipinski definition) is 2. The zero-order valence-electron chi connectivity index (χ0n) is 20.1. The summed E-state index contributed by atoms with van der Waals surface area (Å²) in [5, 5.41) is 7.11. The number of carbonyl (C=O) groups is 1. The molecule has 0 radical (unpaired) electrons. The van der Waals surface area contributed by atoms with Crippen LogP contribution in [0.15, 0.2) is 35.9 Å². The Balaban J connectivity index is 1.38. The number of sulfonamides is 1. The summed E-state index contributed by atoms with van der Waals surface area (Å²) in [7, 11) is -3.90. The standard InChI is InChI=1S/C22H23F2N9O3S2/c1-22(2-3-22)30-38(35,36)13-8-15(31-4-6-32(7-5-31)21(34)14-9-25-12-27-14)16-10-26-18(33(16)11-13)20-29-28-19(37-20)17(23)24/h8-12,17,30H,2-7H2,1H3,(H,25,27). The second-order valence-electron chi connectivity index (χ2n) is 9.54. The maximum Gasteiger partial charge on any atom is 0.291 e. The summed E-state index contributed by atoms with van der Waals surface area (Å²) in [6.45, 7) is 3.53. The molecule has 0 spiro atoms. The van der Waals surface area contributed by atoms with E-state index in [2.05, 4.69) is 29.9 Å². The maximum atomic E-state index is 13.4. The van der Waals surface area contributed by atoms with Crippen LogP contribution in [-0.4, -0.2) is 80.5 Å². The summed E-state index contributed by atoms with van der Waals surface area (Å²) in [6.07, 6.45) is 4.68. The Bertz CT molecular complexity index is 1610. The predicted octanol–water partition coefficient (Wildman–Crippen LogP) is 2.31. The number of alkyl halides is 2. The Morgan fingerprint density at radius 3 is 2.58 bits per heavy atom. The van der Waals surface area contributed by atoms with E-state index < -0.39 is 27.0 Å². The molecule has 5 heterocycles. The first kappa shape index (κ1) is 24.8. The van der Waals surface area contributed by atoms with E-state index in [-0.39, 0.29) is 21.6 Å². The number of amides is 1. The summed E-state index contributed by atoms with van der Waals surface area (Å²) < 4.78 is 57.3. The van der Waals surface area contributed by atoms with E-state index in [9.17, 15) is 22.0 Å². The molecule has 1 amide bonds. The predicted molar refractivity (Wildman–Crippen MR) is 134 cm³/mol. The van der Waals surface area contributed by atoms with Gasteiger partial charge in [0.15, 0.2) is 15.8 Å². The summed E-state index contributed by atoms with van der Waals surface area (Å²) in [4.78, 5) is 27.6. The largest absolute Gasteiger partial charge is 0.366 e. The van der Waals surface area contributed by atoms with Crippen LogP contribution in [0.25, 0.3) is 16.3 Å². The smallest absolute Gasteiger partial charge is 0.291 e. The zero-order chi connectivity index (χ0) is 26.7. The van der Waals surface area contributed by atoms with Gasteiger partial charge in [-0.3, -0.25) is 9.20 Å².